The van der Waals surface area contributed by atoms with Gasteiger partial charge in [0.15, 0.2) is 0 Å². The summed E-state index contributed by atoms with van der Waals surface area (Å²) in [6.45, 7) is 3.73. The van der Waals surface area contributed by atoms with Gasteiger partial charge < -0.3 is 9.64 Å². The molecule has 1 heterocycles. The summed E-state index contributed by atoms with van der Waals surface area (Å²) in [4.78, 5) is 14.1. The molecular formula is C15H20BrNO2. The van der Waals surface area contributed by atoms with E-state index in [1.54, 1.807) is 7.11 Å². The number of hydrogen-bond donors (Lipinski definition) is 0. The van der Waals surface area contributed by atoms with E-state index in [1.165, 1.54) is 0 Å². The Kier molecular flexibility index (Phi) is 4.86. The molecule has 0 saturated carbocycles. The van der Waals surface area contributed by atoms with Crippen molar-refractivity contribution in [3.05, 3.63) is 28.2 Å². The van der Waals surface area contributed by atoms with E-state index in [0.717, 1.165) is 35.2 Å². The highest BCUT2D eigenvalue weighted by Gasteiger charge is 2.21. The zero-order valence-electron chi connectivity index (χ0n) is 11.5. The third kappa shape index (κ3) is 3.72. The first-order valence-electron chi connectivity index (χ1n) is 6.70. The average molecular weight is 326 g/mol. The molecule has 1 aliphatic rings. The van der Waals surface area contributed by atoms with Gasteiger partial charge in [-0.05, 0) is 42.5 Å². The number of amides is 1. The molecule has 1 fully saturated rings. The maximum absolute atomic E-state index is 12.1. The number of carbonyl (C=O) groups excluding carboxylic acids is 1. The van der Waals surface area contributed by atoms with Crippen LogP contribution < -0.4 is 4.74 Å². The fraction of sp³-hybridized carbons (Fsp3) is 0.533. The van der Waals surface area contributed by atoms with Gasteiger partial charge in [-0.25, -0.2) is 0 Å². The molecule has 1 saturated heterocycles. The number of halogens is 1. The van der Waals surface area contributed by atoms with Crippen LogP contribution in [0.2, 0.25) is 0 Å². The number of likely N-dealkylation sites (tertiary alicyclic amines) is 1. The van der Waals surface area contributed by atoms with Crippen LogP contribution in [0.15, 0.2) is 22.7 Å². The van der Waals surface area contributed by atoms with Gasteiger partial charge in [0.2, 0.25) is 5.91 Å². The summed E-state index contributed by atoms with van der Waals surface area (Å²) in [5.74, 6) is 1.73. The number of ether oxygens (including phenoxy) is 1. The summed E-state index contributed by atoms with van der Waals surface area (Å²) in [5.41, 5.74) is 1.10. The maximum Gasteiger partial charge on any atom is 0.222 e. The van der Waals surface area contributed by atoms with Crippen molar-refractivity contribution in [3.63, 3.8) is 0 Å². The summed E-state index contributed by atoms with van der Waals surface area (Å²) in [6, 6.07) is 5.88. The normalized spacial score (nSPS) is 20.3. The van der Waals surface area contributed by atoms with Crippen LogP contribution in [0.1, 0.15) is 31.7 Å². The van der Waals surface area contributed by atoms with E-state index >= 15 is 0 Å². The van der Waals surface area contributed by atoms with Crippen molar-refractivity contribution >= 4 is 21.8 Å². The number of carbonyl (C=O) groups is 1. The zero-order chi connectivity index (χ0) is 13.8. The monoisotopic (exact) mass is 325 g/mol. The van der Waals surface area contributed by atoms with Gasteiger partial charge in [-0.3, -0.25) is 4.79 Å². The summed E-state index contributed by atoms with van der Waals surface area (Å²) in [7, 11) is 1.66. The molecule has 0 N–H and O–H groups in total. The predicted octanol–water partition coefficient (Wildman–Crippen LogP) is 3.61. The van der Waals surface area contributed by atoms with Crippen LogP contribution in [-0.2, 0) is 11.3 Å². The number of rotatable bonds is 3. The quantitative estimate of drug-likeness (QED) is 0.849. The lowest BCUT2D eigenvalue weighted by Gasteiger charge is -2.21. The second kappa shape index (κ2) is 6.42. The lowest BCUT2D eigenvalue weighted by molar-refractivity contribution is -0.131. The first kappa shape index (κ1) is 14.4. The highest BCUT2D eigenvalue weighted by atomic mass is 79.9. The van der Waals surface area contributed by atoms with E-state index in [-0.39, 0.29) is 5.91 Å². The van der Waals surface area contributed by atoms with Crippen molar-refractivity contribution in [2.45, 2.75) is 32.7 Å². The van der Waals surface area contributed by atoms with E-state index in [4.69, 9.17) is 4.74 Å². The van der Waals surface area contributed by atoms with E-state index in [2.05, 4.69) is 22.9 Å². The van der Waals surface area contributed by atoms with Crippen LogP contribution in [0.3, 0.4) is 0 Å². The Morgan fingerprint density at radius 2 is 2.21 bits per heavy atom. The second-order valence-corrected chi connectivity index (χ2v) is 6.06. The number of hydrogen-bond acceptors (Lipinski definition) is 2. The summed E-state index contributed by atoms with van der Waals surface area (Å²) in [6.07, 6.45) is 2.77. The molecule has 1 atom stereocenters. The Morgan fingerprint density at radius 1 is 1.42 bits per heavy atom. The minimum absolute atomic E-state index is 0.263. The van der Waals surface area contributed by atoms with Crippen molar-refractivity contribution < 1.29 is 9.53 Å². The molecule has 1 aromatic rings. The van der Waals surface area contributed by atoms with Gasteiger partial charge in [-0.15, -0.1) is 0 Å². The number of methoxy groups -OCH3 is 1. The van der Waals surface area contributed by atoms with Gasteiger partial charge in [-0.2, -0.15) is 0 Å². The van der Waals surface area contributed by atoms with Gasteiger partial charge >= 0.3 is 0 Å². The van der Waals surface area contributed by atoms with Crippen LogP contribution in [0.5, 0.6) is 5.75 Å². The van der Waals surface area contributed by atoms with Crippen LogP contribution in [-0.4, -0.2) is 24.5 Å². The highest BCUT2D eigenvalue weighted by Crippen LogP contribution is 2.26. The van der Waals surface area contributed by atoms with E-state index in [1.807, 2.05) is 23.1 Å². The molecule has 1 aliphatic heterocycles. The predicted molar refractivity (Wildman–Crippen MR) is 79.1 cm³/mol. The van der Waals surface area contributed by atoms with E-state index in [9.17, 15) is 4.79 Å². The molecule has 4 heteroatoms. The Bertz CT molecular complexity index is 461. The molecule has 0 spiro atoms. The lowest BCUT2D eigenvalue weighted by atomic mass is 10.0. The van der Waals surface area contributed by atoms with Gasteiger partial charge in [0, 0.05) is 24.0 Å². The van der Waals surface area contributed by atoms with Crippen LogP contribution in [0.4, 0.5) is 0 Å². The minimum Gasteiger partial charge on any atom is -0.497 e. The van der Waals surface area contributed by atoms with Crippen molar-refractivity contribution in [1.82, 2.24) is 4.90 Å². The summed E-state index contributed by atoms with van der Waals surface area (Å²) < 4.78 is 6.27. The molecule has 1 unspecified atom stereocenters. The van der Waals surface area contributed by atoms with Gasteiger partial charge in [0.05, 0.1) is 7.11 Å². The van der Waals surface area contributed by atoms with Crippen LogP contribution in [0.25, 0.3) is 0 Å². The minimum atomic E-state index is 0.263. The molecule has 0 aliphatic carbocycles. The van der Waals surface area contributed by atoms with E-state index in [0.29, 0.717) is 18.9 Å². The first-order valence-corrected chi connectivity index (χ1v) is 7.49. The first-order chi connectivity index (χ1) is 9.10. The van der Waals surface area contributed by atoms with E-state index < -0.39 is 0 Å². The largest absolute Gasteiger partial charge is 0.497 e. The molecule has 0 radical (unpaired) electrons. The summed E-state index contributed by atoms with van der Waals surface area (Å²) in [5, 5.41) is 0. The SMILES string of the molecule is COc1ccc(Br)c(CN2CCC(C)CCC2=O)c1. The smallest absolute Gasteiger partial charge is 0.222 e. The summed E-state index contributed by atoms with van der Waals surface area (Å²) >= 11 is 3.54. The molecule has 19 heavy (non-hydrogen) atoms. The van der Waals surface area contributed by atoms with Gasteiger partial charge in [-0.1, -0.05) is 22.9 Å². The van der Waals surface area contributed by atoms with Gasteiger partial charge in [0.25, 0.3) is 0 Å². The van der Waals surface area contributed by atoms with Crippen molar-refractivity contribution in [3.8, 4) is 5.75 Å². The Morgan fingerprint density at radius 3 is 2.95 bits per heavy atom. The molecule has 1 aromatic carbocycles. The third-order valence-corrected chi connectivity index (χ3v) is 4.48. The number of benzene rings is 1. The van der Waals surface area contributed by atoms with Crippen molar-refractivity contribution in [1.29, 1.82) is 0 Å². The average Bonchev–Trinajstić information content (AvgIpc) is 2.56. The Balaban J connectivity index is 2.13. The zero-order valence-corrected chi connectivity index (χ0v) is 13.1. The Hall–Kier alpha value is -1.03. The molecule has 0 aromatic heterocycles. The van der Waals surface area contributed by atoms with Crippen LogP contribution in [0, 0.1) is 5.92 Å². The highest BCUT2D eigenvalue weighted by molar-refractivity contribution is 9.10. The second-order valence-electron chi connectivity index (χ2n) is 5.21. The maximum atomic E-state index is 12.1. The molecule has 104 valence electrons. The molecule has 3 nitrogen and oxygen atoms in total. The lowest BCUT2D eigenvalue weighted by Crippen LogP contribution is -2.29. The standard InChI is InChI=1S/C15H20BrNO2/c1-11-3-6-15(18)17(8-7-11)10-12-9-13(19-2)4-5-14(12)16/h4-5,9,11H,3,6-8,10H2,1-2H3. The molecule has 2 rings (SSSR count). The third-order valence-electron chi connectivity index (χ3n) is 3.71. The fourth-order valence-electron chi connectivity index (χ4n) is 2.35. The van der Waals surface area contributed by atoms with Crippen molar-refractivity contribution in [2.24, 2.45) is 5.92 Å². The van der Waals surface area contributed by atoms with Gasteiger partial charge in [0.1, 0.15) is 5.75 Å². The van der Waals surface area contributed by atoms with Crippen LogP contribution >= 0.6 is 15.9 Å². The molecule has 0 bridgehead atoms. The Labute approximate surface area is 123 Å². The molecular weight excluding hydrogens is 306 g/mol. The fourth-order valence-corrected chi connectivity index (χ4v) is 2.72. The van der Waals surface area contributed by atoms with Crippen molar-refractivity contribution in [2.75, 3.05) is 13.7 Å². The number of nitrogens with zero attached hydrogens (tertiary/aromatic N) is 1. The topological polar surface area (TPSA) is 29.5 Å². The molecule has 1 amide bonds.